The first-order valence-electron chi connectivity index (χ1n) is 11.2. The van der Waals surface area contributed by atoms with Crippen LogP contribution in [0.5, 0.6) is 5.75 Å². The fraction of sp³-hybridized carbons (Fsp3) is 0.458. The van der Waals surface area contributed by atoms with E-state index >= 15 is 0 Å². The van der Waals surface area contributed by atoms with Gasteiger partial charge in [0.1, 0.15) is 5.83 Å². The Balaban J connectivity index is 1.12. The van der Waals surface area contributed by atoms with Gasteiger partial charge >= 0.3 is 0 Å². The van der Waals surface area contributed by atoms with Crippen LogP contribution in [0.3, 0.4) is 0 Å². The molecule has 5 rings (SSSR count). The van der Waals surface area contributed by atoms with Gasteiger partial charge in [-0.2, -0.15) is 0 Å². The van der Waals surface area contributed by atoms with Crippen LogP contribution in [0.25, 0.3) is 0 Å². The Labute approximate surface area is 182 Å². The second-order valence-corrected chi connectivity index (χ2v) is 8.68. The van der Waals surface area contributed by atoms with Gasteiger partial charge in [-0.05, 0) is 62.4 Å². The maximum absolute atomic E-state index is 13.6. The third kappa shape index (κ3) is 4.06. The normalized spacial score (nSPS) is 27.5. The molecule has 164 valence electrons. The highest BCUT2D eigenvalue weighted by Gasteiger charge is 2.30. The molecule has 1 aliphatic carbocycles. The molecule has 0 bridgehead atoms. The van der Waals surface area contributed by atoms with Gasteiger partial charge in [0, 0.05) is 32.1 Å². The highest BCUT2D eigenvalue weighted by atomic mass is 19.1. The Kier molecular flexibility index (Phi) is 5.44. The first kappa shape index (κ1) is 20.1. The van der Waals surface area contributed by atoms with E-state index in [2.05, 4.69) is 32.7 Å². The van der Waals surface area contributed by atoms with Crippen LogP contribution in [0.15, 0.2) is 54.0 Å². The van der Waals surface area contributed by atoms with E-state index in [-0.39, 0.29) is 23.7 Å². The molecule has 6 nitrogen and oxygen atoms in total. The molecule has 1 saturated heterocycles. The van der Waals surface area contributed by atoms with Crippen molar-refractivity contribution in [2.75, 3.05) is 42.9 Å². The number of carbonyl (C=O) groups excluding carboxylic acids is 1. The van der Waals surface area contributed by atoms with E-state index in [1.54, 1.807) is 19.1 Å². The van der Waals surface area contributed by atoms with Crippen molar-refractivity contribution >= 4 is 17.3 Å². The van der Waals surface area contributed by atoms with E-state index in [9.17, 15) is 9.18 Å². The zero-order valence-corrected chi connectivity index (χ0v) is 17.8. The standard InChI is InChI=1S/C24H29FN4O2/c1-16-24(30)27-21-5-2-6-22(23(21)31-16)29-12-10-28(11-13-29)9-3-4-17-15-26-20-8-7-18(25)14-19(17)20/h2,5-8,14-16,19-20,26H,3-4,9-13H2,1H3,(H,27,30). The maximum Gasteiger partial charge on any atom is 0.265 e. The zero-order chi connectivity index (χ0) is 21.4. The van der Waals surface area contributed by atoms with Gasteiger partial charge < -0.3 is 20.3 Å². The monoisotopic (exact) mass is 424 g/mol. The fourth-order valence-corrected chi connectivity index (χ4v) is 4.86. The molecule has 1 aromatic carbocycles. The van der Waals surface area contributed by atoms with Crippen molar-refractivity contribution in [3.63, 3.8) is 0 Å². The molecule has 1 fully saturated rings. The smallest absolute Gasteiger partial charge is 0.265 e. The summed E-state index contributed by atoms with van der Waals surface area (Å²) < 4.78 is 19.5. The molecule has 31 heavy (non-hydrogen) atoms. The maximum atomic E-state index is 13.6. The van der Waals surface area contributed by atoms with Gasteiger partial charge in [-0.1, -0.05) is 12.1 Å². The molecule has 3 atom stereocenters. The number of hydrogen-bond donors (Lipinski definition) is 2. The van der Waals surface area contributed by atoms with Crippen molar-refractivity contribution in [1.82, 2.24) is 10.2 Å². The molecule has 0 aromatic heterocycles. The third-order valence-corrected chi connectivity index (χ3v) is 6.65. The number of halogens is 1. The van der Waals surface area contributed by atoms with Crippen LogP contribution in [-0.4, -0.2) is 55.7 Å². The highest BCUT2D eigenvalue weighted by molar-refractivity contribution is 5.99. The number of amides is 1. The number of rotatable bonds is 5. The predicted molar refractivity (Wildman–Crippen MR) is 120 cm³/mol. The van der Waals surface area contributed by atoms with Crippen LogP contribution >= 0.6 is 0 Å². The van der Waals surface area contributed by atoms with Crippen molar-refractivity contribution in [2.45, 2.75) is 31.9 Å². The van der Waals surface area contributed by atoms with Crippen LogP contribution in [0.2, 0.25) is 0 Å². The average molecular weight is 425 g/mol. The first-order chi connectivity index (χ1) is 15.1. The van der Waals surface area contributed by atoms with Crippen molar-refractivity contribution in [3.05, 3.63) is 54.0 Å². The Bertz CT molecular complexity index is 949. The molecule has 0 radical (unpaired) electrons. The number of ether oxygens (including phenoxy) is 1. The lowest BCUT2D eigenvalue weighted by atomic mass is 9.89. The molecule has 0 saturated carbocycles. The summed E-state index contributed by atoms with van der Waals surface area (Å²) in [7, 11) is 0. The number of piperazine rings is 1. The number of benzene rings is 1. The summed E-state index contributed by atoms with van der Waals surface area (Å²) in [5.74, 6) is 0.706. The zero-order valence-electron chi connectivity index (χ0n) is 17.8. The predicted octanol–water partition coefficient (Wildman–Crippen LogP) is 3.20. The first-order valence-corrected chi connectivity index (χ1v) is 11.2. The molecule has 3 heterocycles. The van der Waals surface area contributed by atoms with Crippen molar-refractivity contribution in [1.29, 1.82) is 0 Å². The van der Waals surface area contributed by atoms with Crippen LogP contribution in [0.4, 0.5) is 15.8 Å². The van der Waals surface area contributed by atoms with E-state index < -0.39 is 6.10 Å². The minimum atomic E-state index is -0.475. The van der Waals surface area contributed by atoms with Crippen LogP contribution in [0, 0.1) is 5.92 Å². The molecule has 1 aromatic rings. The lowest BCUT2D eigenvalue weighted by Crippen LogP contribution is -2.47. The number of para-hydroxylation sites is 1. The van der Waals surface area contributed by atoms with E-state index in [4.69, 9.17) is 4.74 Å². The van der Waals surface area contributed by atoms with Crippen molar-refractivity contribution in [3.8, 4) is 5.75 Å². The summed E-state index contributed by atoms with van der Waals surface area (Å²) in [6.45, 7) is 6.66. The second-order valence-electron chi connectivity index (χ2n) is 8.68. The summed E-state index contributed by atoms with van der Waals surface area (Å²) in [6, 6.07) is 6.14. The van der Waals surface area contributed by atoms with E-state index in [1.807, 2.05) is 18.2 Å². The quantitative estimate of drug-likeness (QED) is 0.760. The van der Waals surface area contributed by atoms with E-state index in [1.165, 1.54) is 5.57 Å². The number of carbonyl (C=O) groups is 1. The molecule has 4 aliphatic rings. The van der Waals surface area contributed by atoms with Crippen LogP contribution in [-0.2, 0) is 4.79 Å². The number of allylic oxidation sites excluding steroid dienone is 2. The number of hydrogen-bond acceptors (Lipinski definition) is 5. The van der Waals surface area contributed by atoms with Crippen LogP contribution < -0.4 is 20.3 Å². The SMILES string of the molecule is CC1Oc2c(cccc2N2CCN(CCCC3=CNC4C=CC(F)=CC34)CC2)NC1=O. The third-order valence-electron chi connectivity index (χ3n) is 6.65. The van der Waals surface area contributed by atoms with E-state index in [0.717, 1.165) is 62.7 Å². The molecule has 2 N–H and O–H groups in total. The number of fused-ring (bicyclic) bond motifs is 2. The Hall–Kier alpha value is -2.80. The van der Waals surface area contributed by atoms with Crippen molar-refractivity contribution < 1.29 is 13.9 Å². The van der Waals surface area contributed by atoms with Gasteiger partial charge in [0.2, 0.25) is 0 Å². The molecule has 7 heteroatoms. The van der Waals surface area contributed by atoms with Gasteiger partial charge in [-0.25, -0.2) is 4.39 Å². The molecule has 3 aliphatic heterocycles. The Morgan fingerprint density at radius 1 is 1.23 bits per heavy atom. The van der Waals surface area contributed by atoms with Gasteiger partial charge in [0.25, 0.3) is 5.91 Å². The molecular weight excluding hydrogens is 395 g/mol. The van der Waals surface area contributed by atoms with Crippen molar-refractivity contribution in [2.24, 2.45) is 5.92 Å². The summed E-state index contributed by atoms with van der Waals surface area (Å²) in [5, 5.41) is 6.29. The van der Waals surface area contributed by atoms with Gasteiger partial charge in [-0.15, -0.1) is 0 Å². The summed E-state index contributed by atoms with van der Waals surface area (Å²) in [4.78, 5) is 16.7. The van der Waals surface area contributed by atoms with Gasteiger partial charge in [0.05, 0.1) is 17.4 Å². The van der Waals surface area contributed by atoms with Gasteiger partial charge in [0.15, 0.2) is 11.9 Å². The second kappa shape index (κ2) is 8.38. The summed E-state index contributed by atoms with van der Waals surface area (Å²) in [6.07, 6.45) is 8.87. The molecular formula is C24H29FN4O2. The highest BCUT2D eigenvalue weighted by Crippen LogP contribution is 2.39. The number of nitrogens with zero attached hydrogens (tertiary/aromatic N) is 2. The Morgan fingerprint density at radius 2 is 2.06 bits per heavy atom. The summed E-state index contributed by atoms with van der Waals surface area (Å²) >= 11 is 0. The number of nitrogens with one attached hydrogen (secondary N) is 2. The van der Waals surface area contributed by atoms with Gasteiger partial charge in [-0.3, -0.25) is 9.69 Å². The number of anilines is 2. The fourth-order valence-electron chi connectivity index (χ4n) is 4.86. The molecule has 0 spiro atoms. The topological polar surface area (TPSA) is 56.8 Å². The largest absolute Gasteiger partial charge is 0.477 e. The minimum absolute atomic E-state index is 0.101. The lowest BCUT2D eigenvalue weighted by molar-refractivity contribution is -0.122. The Morgan fingerprint density at radius 3 is 2.90 bits per heavy atom. The summed E-state index contributed by atoms with van der Waals surface area (Å²) in [5.41, 5.74) is 3.10. The van der Waals surface area contributed by atoms with E-state index in [0.29, 0.717) is 0 Å². The minimum Gasteiger partial charge on any atom is -0.477 e. The van der Waals surface area contributed by atoms with Crippen LogP contribution in [0.1, 0.15) is 19.8 Å². The molecule has 1 amide bonds. The lowest BCUT2D eigenvalue weighted by Gasteiger charge is -2.38. The average Bonchev–Trinajstić information content (AvgIpc) is 3.17. The molecule has 3 unspecified atom stereocenters.